The lowest BCUT2D eigenvalue weighted by atomic mass is 9.94. The average Bonchev–Trinajstić information content (AvgIpc) is 2.94. The van der Waals surface area contributed by atoms with E-state index >= 15 is 0 Å². The van der Waals surface area contributed by atoms with Crippen molar-refractivity contribution in [1.29, 1.82) is 0 Å². The molecule has 0 bridgehead atoms. The van der Waals surface area contributed by atoms with Crippen LogP contribution < -0.4 is 5.32 Å². The lowest BCUT2D eigenvalue weighted by Crippen LogP contribution is -2.52. The van der Waals surface area contributed by atoms with E-state index in [2.05, 4.69) is 29.0 Å². The fraction of sp³-hybridized carbons (Fsp3) is 1.00. The van der Waals surface area contributed by atoms with Gasteiger partial charge in [0.15, 0.2) is 0 Å². The van der Waals surface area contributed by atoms with E-state index in [0.717, 1.165) is 12.1 Å². The van der Waals surface area contributed by atoms with Crippen LogP contribution in [-0.2, 0) is 0 Å². The Morgan fingerprint density at radius 3 is 2.61 bits per heavy atom. The van der Waals surface area contributed by atoms with Gasteiger partial charge in [0.2, 0.25) is 0 Å². The summed E-state index contributed by atoms with van der Waals surface area (Å²) in [4.78, 5) is 5.32. The van der Waals surface area contributed by atoms with Crippen LogP contribution in [0, 0.1) is 0 Å². The van der Waals surface area contributed by atoms with Crippen LogP contribution in [0.4, 0.5) is 0 Å². The van der Waals surface area contributed by atoms with Crippen molar-refractivity contribution in [2.75, 3.05) is 39.3 Å². The molecule has 106 valence electrons. The number of likely N-dealkylation sites (N-methyl/N-ethyl adjacent to an activating group) is 1. The maximum Gasteiger partial charge on any atom is 0.0249 e. The fourth-order valence-corrected chi connectivity index (χ4v) is 3.60. The molecule has 2 unspecified atom stereocenters. The van der Waals surface area contributed by atoms with Gasteiger partial charge in [-0.25, -0.2) is 0 Å². The minimum Gasteiger partial charge on any atom is -0.312 e. The first kappa shape index (κ1) is 14.3. The number of hydrogen-bond donors (Lipinski definition) is 1. The highest BCUT2D eigenvalue weighted by molar-refractivity contribution is 4.90. The van der Waals surface area contributed by atoms with E-state index in [9.17, 15) is 0 Å². The third kappa shape index (κ3) is 3.69. The quantitative estimate of drug-likeness (QED) is 0.780. The molecule has 2 fully saturated rings. The van der Waals surface area contributed by atoms with Crippen molar-refractivity contribution in [1.82, 2.24) is 15.1 Å². The Balaban J connectivity index is 1.83. The number of hydrogen-bond acceptors (Lipinski definition) is 3. The molecular weight excluding hydrogens is 222 g/mol. The highest BCUT2D eigenvalue weighted by Gasteiger charge is 2.31. The lowest BCUT2D eigenvalue weighted by molar-refractivity contribution is 0.105. The van der Waals surface area contributed by atoms with Gasteiger partial charge in [-0.05, 0) is 51.9 Å². The van der Waals surface area contributed by atoms with Gasteiger partial charge in [0, 0.05) is 25.2 Å². The summed E-state index contributed by atoms with van der Waals surface area (Å²) < 4.78 is 0. The molecule has 2 saturated heterocycles. The Hall–Kier alpha value is -0.120. The molecule has 2 rings (SSSR count). The van der Waals surface area contributed by atoms with Crippen LogP contribution in [0.3, 0.4) is 0 Å². The van der Waals surface area contributed by atoms with E-state index in [1.165, 1.54) is 71.4 Å². The number of likely N-dealkylation sites (tertiary alicyclic amines) is 1. The topological polar surface area (TPSA) is 18.5 Å². The first-order valence-corrected chi connectivity index (χ1v) is 8.05. The molecule has 0 saturated carbocycles. The van der Waals surface area contributed by atoms with Crippen molar-refractivity contribution in [3.63, 3.8) is 0 Å². The SMILES string of the molecule is CCN(CC)CCN1CCCCC1C1CCCN1. The molecule has 0 aliphatic carbocycles. The Labute approximate surface area is 113 Å². The summed E-state index contributed by atoms with van der Waals surface area (Å²) in [5, 5.41) is 3.72. The lowest BCUT2D eigenvalue weighted by Gasteiger charge is -2.40. The number of rotatable bonds is 6. The summed E-state index contributed by atoms with van der Waals surface area (Å²) in [7, 11) is 0. The van der Waals surface area contributed by atoms with E-state index in [4.69, 9.17) is 0 Å². The van der Waals surface area contributed by atoms with Crippen LogP contribution in [-0.4, -0.2) is 61.2 Å². The molecule has 2 aliphatic rings. The molecule has 0 radical (unpaired) electrons. The standard InChI is InChI=1S/C15H31N3/c1-3-17(4-2)12-13-18-11-6-5-9-15(18)14-8-7-10-16-14/h14-16H,3-13H2,1-2H3. The van der Waals surface area contributed by atoms with Gasteiger partial charge < -0.3 is 10.2 Å². The molecule has 3 heteroatoms. The van der Waals surface area contributed by atoms with Crippen molar-refractivity contribution in [2.24, 2.45) is 0 Å². The molecular formula is C15H31N3. The van der Waals surface area contributed by atoms with Crippen LogP contribution in [0.5, 0.6) is 0 Å². The number of nitrogens with one attached hydrogen (secondary N) is 1. The third-order valence-corrected chi connectivity index (χ3v) is 4.82. The van der Waals surface area contributed by atoms with E-state index in [0.29, 0.717) is 0 Å². The van der Waals surface area contributed by atoms with Crippen LogP contribution in [0.15, 0.2) is 0 Å². The summed E-state index contributed by atoms with van der Waals surface area (Å²) in [6, 6.07) is 1.60. The minimum absolute atomic E-state index is 0.780. The van der Waals surface area contributed by atoms with Gasteiger partial charge in [-0.1, -0.05) is 20.3 Å². The molecule has 0 amide bonds. The highest BCUT2D eigenvalue weighted by atomic mass is 15.2. The Kier molecular flexibility index (Phi) is 5.93. The monoisotopic (exact) mass is 253 g/mol. The summed E-state index contributed by atoms with van der Waals surface area (Å²) in [6.07, 6.45) is 7.03. The average molecular weight is 253 g/mol. The van der Waals surface area contributed by atoms with Gasteiger partial charge in [-0.3, -0.25) is 4.90 Å². The van der Waals surface area contributed by atoms with Crippen molar-refractivity contribution >= 4 is 0 Å². The first-order valence-electron chi connectivity index (χ1n) is 8.05. The summed E-state index contributed by atoms with van der Waals surface area (Å²) in [5.74, 6) is 0. The summed E-state index contributed by atoms with van der Waals surface area (Å²) >= 11 is 0. The second kappa shape index (κ2) is 7.46. The van der Waals surface area contributed by atoms with Crippen molar-refractivity contribution in [3.05, 3.63) is 0 Å². The molecule has 2 heterocycles. The Morgan fingerprint density at radius 2 is 1.94 bits per heavy atom. The van der Waals surface area contributed by atoms with Crippen LogP contribution >= 0.6 is 0 Å². The maximum atomic E-state index is 3.72. The van der Waals surface area contributed by atoms with Gasteiger partial charge in [0.25, 0.3) is 0 Å². The highest BCUT2D eigenvalue weighted by Crippen LogP contribution is 2.23. The van der Waals surface area contributed by atoms with Gasteiger partial charge >= 0.3 is 0 Å². The van der Waals surface area contributed by atoms with E-state index in [1.54, 1.807) is 0 Å². The van der Waals surface area contributed by atoms with Crippen LogP contribution in [0.2, 0.25) is 0 Å². The maximum absolute atomic E-state index is 3.72. The molecule has 3 nitrogen and oxygen atoms in total. The normalized spacial score (nSPS) is 30.2. The Morgan fingerprint density at radius 1 is 1.11 bits per heavy atom. The van der Waals surface area contributed by atoms with E-state index < -0.39 is 0 Å². The molecule has 0 spiro atoms. The molecule has 18 heavy (non-hydrogen) atoms. The zero-order chi connectivity index (χ0) is 12.8. The predicted octanol–water partition coefficient (Wildman–Crippen LogP) is 1.93. The summed E-state index contributed by atoms with van der Waals surface area (Å²) in [5.41, 5.74) is 0. The van der Waals surface area contributed by atoms with Gasteiger partial charge in [-0.15, -0.1) is 0 Å². The van der Waals surface area contributed by atoms with Crippen molar-refractivity contribution < 1.29 is 0 Å². The molecule has 0 aromatic rings. The van der Waals surface area contributed by atoms with E-state index in [1.807, 2.05) is 0 Å². The van der Waals surface area contributed by atoms with Crippen LogP contribution in [0.1, 0.15) is 46.0 Å². The molecule has 2 aliphatic heterocycles. The number of nitrogens with zero attached hydrogens (tertiary/aromatic N) is 2. The molecule has 0 aromatic heterocycles. The molecule has 2 atom stereocenters. The second-order valence-corrected chi connectivity index (χ2v) is 5.83. The van der Waals surface area contributed by atoms with Gasteiger partial charge in [-0.2, -0.15) is 0 Å². The molecule has 0 aromatic carbocycles. The third-order valence-electron chi connectivity index (χ3n) is 4.82. The first-order chi connectivity index (χ1) is 8.85. The zero-order valence-electron chi connectivity index (χ0n) is 12.3. The van der Waals surface area contributed by atoms with Gasteiger partial charge in [0.05, 0.1) is 0 Å². The smallest absolute Gasteiger partial charge is 0.0249 e. The number of piperidine rings is 1. The minimum atomic E-state index is 0.780. The van der Waals surface area contributed by atoms with Crippen molar-refractivity contribution in [3.8, 4) is 0 Å². The predicted molar refractivity (Wildman–Crippen MR) is 78.0 cm³/mol. The second-order valence-electron chi connectivity index (χ2n) is 5.83. The van der Waals surface area contributed by atoms with Crippen molar-refractivity contribution in [2.45, 2.75) is 58.0 Å². The van der Waals surface area contributed by atoms with Crippen LogP contribution in [0.25, 0.3) is 0 Å². The summed E-state index contributed by atoms with van der Waals surface area (Å²) in [6.45, 7) is 12.0. The Bertz CT molecular complexity index is 222. The molecule has 1 N–H and O–H groups in total. The van der Waals surface area contributed by atoms with E-state index in [-0.39, 0.29) is 0 Å². The van der Waals surface area contributed by atoms with Gasteiger partial charge in [0.1, 0.15) is 0 Å². The zero-order valence-corrected chi connectivity index (χ0v) is 12.3. The fourth-order valence-electron chi connectivity index (χ4n) is 3.60. The largest absolute Gasteiger partial charge is 0.312 e.